The van der Waals surface area contributed by atoms with Crippen LogP contribution in [0.4, 0.5) is 0 Å². The summed E-state index contributed by atoms with van der Waals surface area (Å²) < 4.78 is 2.13. The van der Waals surface area contributed by atoms with Crippen molar-refractivity contribution in [3.05, 3.63) is 30.1 Å². The molecule has 5 heteroatoms. The number of nitrogens with two attached hydrogens (primary N) is 1. The lowest BCUT2D eigenvalue weighted by molar-refractivity contribution is 0.474. The molecule has 18 heavy (non-hydrogen) atoms. The number of benzene rings is 1. The van der Waals surface area contributed by atoms with Crippen LogP contribution in [0.2, 0.25) is 0 Å². The van der Waals surface area contributed by atoms with E-state index >= 15 is 0 Å². The first-order valence-corrected chi connectivity index (χ1v) is 6.72. The fourth-order valence-electron chi connectivity index (χ4n) is 2.17. The Kier molecular flexibility index (Phi) is 4.58. The van der Waals surface area contributed by atoms with Crippen LogP contribution in [0.5, 0.6) is 0 Å². The van der Waals surface area contributed by atoms with Crippen molar-refractivity contribution in [2.75, 3.05) is 5.88 Å². The number of nitrogens with zero attached hydrogens (tertiary/aromatic N) is 2. The van der Waals surface area contributed by atoms with Gasteiger partial charge in [-0.1, -0.05) is 12.1 Å². The lowest BCUT2D eigenvalue weighted by Gasteiger charge is -2.14. The molecule has 0 aliphatic carbocycles. The van der Waals surface area contributed by atoms with Gasteiger partial charge in [0.2, 0.25) is 0 Å². The van der Waals surface area contributed by atoms with Crippen molar-refractivity contribution in [3.8, 4) is 0 Å². The van der Waals surface area contributed by atoms with Crippen LogP contribution in [0.15, 0.2) is 24.3 Å². The SMILES string of the molecule is Cn1c(CC(CCCCl)NN)nc2ccccc21. The summed E-state index contributed by atoms with van der Waals surface area (Å²) in [4.78, 5) is 4.64. The molecule has 0 fully saturated rings. The Hall–Kier alpha value is -1.10. The van der Waals surface area contributed by atoms with Crippen molar-refractivity contribution < 1.29 is 0 Å². The summed E-state index contributed by atoms with van der Waals surface area (Å²) in [5.74, 6) is 7.29. The number of hydrogen-bond donors (Lipinski definition) is 2. The van der Waals surface area contributed by atoms with Crippen molar-refractivity contribution in [3.63, 3.8) is 0 Å². The second-order valence-corrected chi connectivity index (χ2v) is 4.85. The van der Waals surface area contributed by atoms with Gasteiger partial charge in [0.25, 0.3) is 0 Å². The van der Waals surface area contributed by atoms with Crippen LogP contribution in [0.25, 0.3) is 11.0 Å². The first-order chi connectivity index (χ1) is 8.76. The molecule has 3 N–H and O–H groups in total. The number of alkyl halides is 1. The van der Waals surface area contributed by atoms with Crippen LogP contribution in [0.1, 0.15) is 18.7 Å². The predicted octanol–water partition coefficient (Wildman–Crippen LogP) is 1.97. The number of imidazole rings is 1. The minimum Gasteiger partial charge on any atom is -0.331 e. The van der Waals surface area contributed by atoms with Gasteiger partial charge in [-0.15, -0.1) is 11.6 Å². The zero-order chi connectivity index (χ0) is 13.0. The monoisotopic (exact) mass is 266 g/mol. The number of rotatable bonds is 6. The van der Waals surface area contributed by atoms with E-state index in [9.17, 15) is 0 Å². The summed E-state index contributed by atoms with van der Waals surface area (Å²) in [6, 6.07) is 8.36. The first-order valence-electron chi connectivity index (χ1n) is 6.18. The van der Waals surface area contributed by atoms with Gasteiger partial charge in [0.15, 0.2) is 0 Å². The van der Waals surface area contributed by atoms with Crippen LogP contribution >= 0.6 is 11.6 Å². The van der Waals surface area contributed by atoms with Crippen molar-refractivity contribution >= 4 is 22.6 Å². The summed E-state index contributed by atoms with van der Waals surface area (Å²) in [5, 5.41) is 0. The molecule has 1 atom stereocenters. The van der Waals surface area contributed by atoms with Gasteiger partial charge in [-0.2, -0.15) is 0 Å². The van der Waals surface area contributed by atoms with E-state index in [4.69, 9.17) is 17.4 Å². The summed E-state index contributed by atoms with van der Waals surface area (Å²) in [6.07, 6.45) is 2.74. The Morgan fingerprint density at radius 2 is 2.22 bits per heavy atom. The molecule has 1 unspecified atom stereocenters. The van der Waals surface area contributed by atoms with Gasteiger partial charge in [-0.05, 0) is 25.0 Å². The number of nitrogens with one attached hydrogen (secondary N) is 1. The van der Waals surface area contributed by atoms with E-state index in [0.29, 0.717) is 5.88 Å². The molecule has 98 valence electrons. The van der Waals surface area contributed by atoms with Gasteiger partial charge < -0.3 is 4.57 Å². The summed E-state index contributed by atoms with van der Waals surface area (Å²) in [7, 11) is 2.04. The van der Waals surface area contributed by atoms with Crippen LogP contribution in [0.3, 0.4) is 0 Å². The molecule has 0 spiro atoms. The smallest absolute Gasteiger partial charge is 0.111 e. The van der Waals surface area contributed by atoms with Crippen molar-refractivity contribution in [2.24, 2.45) is 12.9 Å². The van der Waals surface area contributed by atoms with Gasteiger partial charge in [-0.25, -0.2) is 4.98 Å². The minimum absolute atomic E-state index is 0.222. The molecule has 1 aromatic carbocycles. The van der Waals surface area contributed by atoms with Gasteiger partial charge in [0.1, 0.15) is 5.82 Å². The third-order valence-corrected chi connectivity index (χ3v) is 3.50. The molecule has 1 aromatic heterocycles. The fraction of sp³-hybridized carbons (Fsp3) is 0.462. The Morgan fingerprint density at radius 1 is 1.44 bits per heavy atom. The van der Waals surface area contributed by atoms with E-state index < -0.39 is 0 Å². The van der Waals surface area contributed by atoms with Crippen molar-refractivity contribution in [1.82, 2.24) is 15.0 Å². The van der Waals surface area contributed by atoms with Gasteiger partial charge in [-0.3, -0.25) is 11.3 Å². The van der Waals surface area contributed by atoms with E-state index in [1.54, 1.807) is 0 Å². The number of aromatic nitrogens is 2. The molecule has 2 rings (SSSR count). The molecule has 0 radical (unpaired) electrons. The van der Waals surface area contributed by atoms with Crippen molar-refractivity contribution in [1.29, 1.82) is 0 Å². The Labute approximate surface area is 112 Å². The maximum absolute atomic E-state index is 5.71. The average molecular weight is 267 g/mol. The Bertz CT molecular complexity index is 509. The van der Waals surface area contributed by atoms with E-state index in [0.717, 1.165) is 36.1 Å². The fourth-order valence-corrected chi connectivity index (χ4v) is 2.32. The third kappa shape index (κ3) is 2.83. The van der Waals surface area contributed by atoms with E-state index in [1.807, 2.05) is 25.2 Å². The second kappa shape index (κ2) is 6.18. The number of hydrazine groups is 1. The molecule has 1 heterocycles. The zero-order valence-electron chi connectivity index (χ0n) is 10.6. The zero-order valence-corrected chi connectivity index (χ0v) is 11.3. The predicted molar refractivity (Wildman–Crippen MR) is 75.5 cm³/mol. The normalized spacial score (nSPS) is 13.1. The van der Waals surface area contributed by atoms with Crippen LogP contribution < -0.4 is 11.3 Å². The number of aryl methyl sites for hydroxylation is 1. The average Bonchev–Trinajstić information content (AvgIpc) is 2.72. The minimum atomic E-state index is 0.222. The molecule has 0 bridgehead atoms. The van der Waals surface area contributed by atoms with E-state index in [2.05, 4.69) is 21.0 Å². The highest BCUT2D eigenvalue weighted by atomic mass is 35.5. The quantitative estimate of drug-likeness (QED) is 0.477. The lowest BCUT2D eigenvalue weighted by Crippen LogP contribution is -2.37. The number of halogens is 1. The molecular weight excluding hydrogens is 248 g/mol. The summed E-state index contributed by atoms with van der Waals surface area (Å²) >= 11 is 5.71. The van der Waals surface area contributed by atoms with Crippen LogP contribution in [0, 0.1) is 0 Å². The molecule has 0 saturated carbocycles. The van der Waals surface area contributed by atoms with Gasteiger partial charge in [0.05, 0.1) is 11.0 Å². The topological polar surface area (TPSA) is 55.9 Å². The summed E-state index contributed by atoms with van der Waals surface area (Å²) in [5.41, 5.74) is 5.03. The standard InChI is InChI=1S/C13H19ClN4/c1-18-12-7-3-2-6-11(12)16-13(18)9-10(17-15)5-4-8-14/h2-3,6-7,10,17H,4-5,8-9,15H2,1H3. The van der Waals surface area contributed by atoms with Crippen molar-refractivity contribution in [2.45, 2.75) is 25.3 Å². The van der Waals surface area contributed by atoms with E-state index in [-0.39, 0.29) is 6.04 Å². The highest BCUT2D eigenvalue weighted by Gasteiger charge is 2.13. The number of para-hydroxylation sites is 2. The lowest BCUT2D eigenvalue weighted by atomic mass is 10.1. The molecule has 0 aliphatic heterocycles. The first kappa shape index (κ1) is 13.3. The Morgan fingerprint density at radius 3 is 2.89 bits per heavy atom. The van der Waals surface area contributed by atoms with Gasteiger partial charge in [0, 0.05) is 25.4 Å². The highest BCUT2D eigenvalue weighted by Crippen LogP contribution is 2.16. The molecule has 0 saturated heterocycles. The maximum atomic E-state index is 5.71. The molecule has 0 aliphatic rings. The second-order valence-electron chi connectivity index (χ2n) is 4.47. The molecule has 4 nitrogen and oxygen atoms in total. The van der Waals surface area contributed by atoms with E-state index in [1.165, 1.54) is 0 Å². The molecule has 0 amide bonds. The summed E-state index contributed by atoms with van der Waals surface area (Å²) in [6.45, 7) is 0. The highest BCUT2D eigenvalue weighted by molar-refractivity contribution is 6.17. The molecular formula is C13H19ClN4. The maximum Gasteiger partial charge on any atom is 0.111 e. The Balaban J connectivity index is 2.17. The molecule has 2 aromatic rings. The van der Waals surface area contributed by atoms with Crippen LogP contribution in [-0.4, -0.2) is 21.5 Å². The number of hydrogen-bond acceptors (Lipinski definition) is 3. The largest absolute Gasteiger partial charge is 0.331 e. The third-order valence-electron chi connectivity index (χ3n) is 3.23. The van der Waals surface area contributed by atoms with Gasteiger partial charge >= 0.3 is 0 Å². The van der Waals surface area contributed by atoms with Crippen LogP contribution in [-0.2, 0) is 13.5 Å². The number of fused-ring (bicyclic) bond motifs is 1.